The first-order valence-corrected chi connectivity index (χ1v) is 6.39. The third-order valence-corrected chi connectivity index (χ3v) is 3.65. The number of Topliss-reactive ketones (excluding diaryl/α,β-unsaturated/α-hetero) is 1. The zero-order chi connectivity index (χ0) is 14.0. The monoisotopic (exact) mass is 268 g/mol. The highest BCUT2D eigenvalue weighted by Gasteiger charge is 2.38. The Labute approximate surface area is 111 Å². The van der Waals surface area contributed by atoms with Crippen LogP contribution in [0.4, 0.5) is 8.78 Å². The second-order valence-electron chi connectivity index (χ2n) is 5.22. The van der Waals surface area contributed by atoms with E-state index in [2.05, 4.69) is 5.32 Å². The van der Waals surface area contributed by atoms with Gasteiger partial charge in [0.05, 0.1) is 11.1 Å². The molecule has 1 aliphatic heterocycles. The molecule has 0 aromatic heterocycles. The summed E-state index contributed by atoms with van der Waals surface area (Å²) in [4.78, 5) is 14.4. The first kappa shape index (κ1) is 14.1. The predicted octanol–water partition coefficient (Wildman–Crippen LogP) is 1.83. The third-order valence-electron chi connectivity index (χ3n) is 3.65. The van der Waals surface area contributed by atoms with Gasteiger partial charge in [-0.2, -0.15) is 0 Å². The molecule has 0 amide bonds. The van der Waals surface area contributed by atoms with Gasteiger partial charge in [-0.3, -0.25) is 9.69 Å². The van der Waals surface area contributed by atoms with Gasteiger partial charge in [0.15, 0.2) is 5.78 Å². The fourth-order valence-electron chi connectivity index (χ4n) is 2.39. The van der Waals surface area contributed by atoms with Crippen molar-refractivity contribution in [1.82, 2.24) is 10.2 Å². The molecule has 0 bridgehead atoms. The maximum Gasteiger partial charge on any atom is 0.188 e. The van der Waals surface area contributed by atoms with Crippen LogP contribution >= 0.6 is 0 Å². The molecule has 1 aliphatic rings. The van der Waals surface area contributed by atoms with E-state index in [1.54, 1.807) is 13.8 Å². The maximum atomic E-state index is 13.7. The van der Waals surface area contributed by atoms with E-state index in [0.717, 1.165) is 25.2 Å². The molecule has 0 atom stereocenters. The van der Waals surface area contributed by atoms with Crippen molar-refractivity contribution in [2.24, 2.45) is 0 Å². The van der Waals surface area contributed by atoms with Crippen LogP contribution in [-0.2, 0) is 0 Å². The number of carbonyl (C=O) groups is 1. The van der Waals surface area contributed by atoms with Crippen molar-refractivity contribution >= 4 is 5.78 Å². The van der Waals surface area contributed by atoms with E-state index in [-0.39, 0.29) is 0 Å². The summed E-state index contributed by atoms with van der Waals surface area (Å²) in [5.41, 5.74) is -1.35. The summed E-state index contributed by atoms with van der Waals surface area (Å²) in [6.07, 6.45) is 0. The molecule has 1 N–H and O–H groups in total. The first-order valence-electron chi connectivity index (χ1n) is 6.39. The number of nitrogens with zero attached hydrogens (tertiary/aromatic N) is 1. The molecule has 1 fully saturated rings. The highest BCUT2D eigenvalue weighted by molar-refractivity contribution is 6.03. The average Bonchev–Trinajstić information content (AvgIpc) is 2.39. The smallest absolute Gasteiger partial charge is 0.188 e. The van der Waals surface area contributed by atoms with Gasteiger partial charge in [-0.05, 0) is 26.0 Å². The number of carbonyl (C=O) groups excluding carboxylic acids is 1. The van der Waals surface area contributed by atoms with Gasteiger partial charge < -0.3 is 5.32 Å². The predicted molar refractivity (Wildman–Crippen MR) is 69.2 cm³/mol. The quantitative estimate of drug-likeness (QED) is 0.849. The van der Waals surface area contributed by atoms with Crippen molar-refractivity contribution in [2.45, 2.75) is 19.4 Å². The fourth-order valence-corrected chi connectivity index (χ4v) is 2.39. The van der Waals surface area contributed by atoms with Crippen LogP contribution in [0, 0.1) is 11.6 Å². The van der Waals surface area contributed by atoms with E-state index in [4.69, 9.17) is 0 Å². The number of hydrogen-bond acceptors (Lipinski definition) is 3. The van der Waals surface area contributed by atoms with Crippen LogP contribution in [0.5, 0.6) is 0 Å². The van der Waals surface area contributed by atoms with E-state index >= 15 is 0 Å². The van der Waals surface area contributed by atoms with Crippen molar-refractivity contribution in [3.05, 3.63) is 35.4 Å². The lowest BCUT2D eigenvalue weighted by atomic mass is 9.90. The Morgan fingerprint density at radius 1 is 1.21 bits per heavy atom. The van der Waals surface area contributed by atoms with Crippen LogP contribution < -0.4 is 5.32 Å². The number of ketones is 1. The molecule has 1 saturated heterocycles. The van der Waals surface area contributed by atoms with Crippen LogP contribution in [0.3, 0.4) is 0 Å². The van der Waals surface area contributed by atoms with E-state index < -0.39 is 28.5 Å². The molecule has 0 unspecified atom stereocenters. The van der Waals surface area contributed by atoms with Gasteiger partial charge in [-0.25, -0.2) is 8.78 Å². The lowest BCUT2D eigenvalue weighted by molar-refractivity contribution is 0.0593. The normalized spacial score (nSPS) is 17.5. The minimum absolute atomic E-state index is 0.439. The summed E-state index contributed by atoms with van der Waals surface area (Å²) in [5, 5.41) is 3.19. The van der Waals surface area contributed by atoms with Gasteiger partial charge in [0, 0.05) is 26.2 Å². The average molecular weight is 268 g/mol. The molecule has 19 heavy (non-hydrogen) atoms. The van der Waals surface area contributed by atoms with Crippen LogP contribution in [0.1, 0.15) is 24.2 Å². The van der Waals surface area contributed by atoms with Crippen molar-refractivity contribution in [1.29, 1.82) is 0 Å². The Balaban J connectivity index is 2.31. The molecule has 1 aromatic rings. The number of halogens is 2. The Morgan fingerprint density at radius 2 is 1.74 bits per heavy atom. The molecule has 2 rings (SSSR count). The summed E-state index contributed by atoms with van der Waals surface area (Å²) in [5.74, 6) is -2.11. The number of rotatable bonds is 3. The summed E-state index contributed by atoms with van der Waals surface area (Å²) < 4.78 is 27.4. The third kappa shape index (κ3) is 2.67. The summed E-state index contributed by atoms with van der Waals surface area (Å²) in [6, 6.07) is 3.49. The molecule has 104 valence electrons. The highest BCUT2D eigenvalue weighted by Crippen LogP contribution is 2.24. The topological polar surface area (TPSA) is 32.3 Å². The molecule has 5 heteroatoms. The Hall–Kier alpha value is -1.33. The number of hydrogen-bond donors (Lipinski definition) is 1. The zero-order valence-electron chi connectivity index (χ0n) is 11.2. The molecule has 0 spiro atoms. The van der Waals surface area contributed by atoms with Gasteiger partial charge in [0.2, 0.25) is 0 Å². The molecule has 0 saturated carbocycles. The van der Waals surface area contributed by atoms with Crippen LogP contribution in [0.25, 0.3) is 0 Å². The molecular weight excluding hydrogens is 250 g/mol. The lowest BCUT2D eigenvalue weighted by Crippen LogP contribution is -2.57. The van der Waals surface area contributed by atoms with Crippen LogP contribution in [0.15, 0.2) is 18.2 Å². The van der Waals surface area contributed by atoms with E-state index in [1.165, 1.54) is 6.07 Å². The largest absolute Gasteiger partial charge is 0.314 e. The molecule has 1 heterocycles. The van der Waals surface area contributed by atoms with Gasteiger partial charge in [-0.1, -0.05) is 6.07 Å². The van der Waals surface area contributed by atoms with E-state index in [9.17, 15) is 13.6 Å². The fraction of sp³-hybridized carbons (Fsp3) is 0.500. The molecule has 3 nitrogen and oxygen atoms in total. The van der Waals surface area contributed by atoms with Crippen molar-refractivity contribution in [3.63, 3.8) is 0 Å². The van der Waals surface area contributed by atoms with Gasteiger partial charge in [0.1, 0.15) is 11.6 Å². The second kappa shape index (κ2) is 5.35. The highest BCUT2D eigenvalue weighted by atomic mass is 19.1. The van der Waals surface area contributed by atoms with Crippen molar-refractivity contribution in [2.75, 3.05) is 26.2 Å². The number of nitrogens with one attached hydrogen (secondary N) is 1. The molecule has 1 aromatic carbocycles. The first-order chi connectivity index (χ1) is 8.94. The van der Waals surface area contributed by atoms with E-state index in [1.807, 2.05) is 4.90 Å². The van der Waals surface area contributed by atoms with Gasteiger partial charge >= 0.3 is 0 Å². The minimum atomic E-state index is -0.912. The summed E-state index contributed by atoms with van der Waals surface area (Å²) in [6.45, 7) is 6.36. The number of piperazine rings is 1. The minimum Gasteiger partial charge on any atom is -0.314 e. The van der Waals surface area contributed by atoms with Crippen molar-refractivity contribution < 1.29 is 13.6 Å². The lowest BCUT2D eigenvalue weighted by Gasteiger charge is -2.40. The molecule has 0 aliphatic carbocycles. The van der Waals surface area contributed by atoms with Crippen LogP contribution in [-0.4, -0.2) is 42.4 Å². The Bertz CT molecular complexity index is 462. The van der Waals surface area contributed by atoms with Gasteiger partial charge in [0.25, 0.3) is 0 Å². The number of benzene rings is 1. The molecular formula is C14H18F2N2O. The zero-order valence-corrected chi connectivity index (χ0v) is 11.2. The van der Waals surface area contributed by atoms with Crippen LogP contribution in [0.2, 0.25) is 0 Å². The van der Waals surface area contributed by atoms with Gasteiger partial charge in [-0.15, -0.1) is 0 Å². The maximum absolute atomic E-state index is 13.7. The van der Waals surface area contributed by atoms with E-state index in [0.29, 0.717) is 13.1 Å². The Morgan fingerprint density at radius 3 is 2.26 bits per heavy atom. The summed E-state index contributed by atoms with van der Waals surface area (Å²) >= 11 is 0. The Kier molecular flexibility index (Phi) is 3.96. The SMILES string of the molecule is CC(C)(C(=O)c1c(F)cccc1F)N1CCNCC1. The second-order valence-corrected chi connectivity index (χ2v) is 5.22. The molecule has 0 radical (unpaired) electrons. The van der Waals surface area contributed by atoms with Crippen molar-refractivity contribution in [3.8, 4) is 0 Å². The summed E-state index contributed by atoms with van der Waals surface area (Å²) in [7, 11) is 0. The standard InChI is InChI=1S/C14H18F2N2O/c1-14(2,18-8-6-17-7-9-18)13(19)12-10(15)4-3-5-11(12)16/h3-5,17H,6-9H2,1-2H3.